The highest BCUT2D eigenvalue weighted by molar-refractivity contribution is 7.80. The third-order valence-corrected chi connectivity index (χ3v) is 4.81. The molecule has 2 amide bonds. The molecule has 112 valence electrons. The van der Waals surface area contributed by atoms with Crippen molar-refractivity contribution in [3.63, 3.8) is 0 Å². The lowest BCUT2D eigenvalue weighted by atomic mass is 9.73. The molecular formula is C14H18N4O2S. The van der Waals surface area contributed by atoms with Crippen molar-refractivity contribution in [2.75, 3.05) is 4.90 Å². The highest BCUT2D eigenvalue weighted by Crippen LogP contribution is 2.46. The van der Waals surface area contributed by atoms with Crippen molar-refractivity contribution in [1.82, 2.24) is 9.78 Å². The maximum absolute atomic E-state index is 12.9. The molecule has 1 saturated heterocycles. The fraction of sp³-hybridized carbons (Fsp3) is 0.571. The molecule has 0 aromatic carbocycles. The van der Waals surface area contributed by atoms with Gasteiger partial charge in [0.15, 0.2) is 5.82 Å². The van der Waals surface area contributed by atoms with Crippen LogP contribution in [0.1, 0.15) is 44.1 Å². The van der Waals surface area contributed by atoms with Crippen molar-refractivity contribution in [2.24, 2.45) is 18.2 Å². The van der Waals surface area contributed by atoms with Crippen LogP contribution in [-0.4, -0.2) is 26.6 Å². The Labute approximate surface area is 128 Å². The number of carbonyl (C=O) groups excluding carboxylic acids is 2. The van der Waals surface area contributed by atoms with Gasteiger partial charge in [-0.05, 0) is 12.8 Å². The van der Waals surface area contributed by atoms with Crippen LogP contribution < -0.4 is 10.6 Å². The van der Waals surface area contributed by atoms with Gasteiger partial charge in [-0.3, -0.25) is 14.3 Å². The monoisotopic (exact) mass is 306 g/mol. The van der Waals surface area contributed by atoms with Crippen LogP contribution >= 0.6 is 12.2 Å². The Balaban J connectivity index is 2.04. The lowest BCUT2D eigenvalue weighted by molar-refractivity contribution is -0.127. The van der Waals surface area contributed by atoms with Gasteiger partial charge in [0.25, 0.3) is 0 Å². The Kier molecular flexibility index (Phi) is 3.32. The van der Waals surface area contributed by atoms with Crippen LogP contribution in [0.5, 0.6) is 0 Å². The molecule has 0 atom stereocenters. The van der Waals surface area contributed by atoms with Crippen molar-refractivity contribution in [1.29, 1.82) is 0 Å². The maximum Gasteiger partial charge on any atom is 0.241 e. The zero-order chi connectivity index (χ0) is 15.2. The molecule has 2 N–H and O–H groups in total. The van der Waals surface area contributed by atoms with E-state index in [1.165, 1.54) is 15.8 Å². The molecule has 1 saturated carbocycles. The van der Waals surface area contributed by atoms with Crippen molar-refractivity contribution >= 4 is 34.8 Å². The number of rotatable bonds is 2. The largest absolute Gasteiger partial charge is 0.389 e. The number of thiocarbonyl (C=S) groups is 1. The highest BCUT2D eigenvalue weighted by Gasteiger charge is 2.53. The highest BCUT2D eigenvalue weighted by atomic mass is 32.1. The molecule has 1 aliphatic heterocycles. The van der Waals surface area contributed by atoms with Crippen LogP contribution in [0.25, 0.3) is 0 Å². The lowest BCUT2D eigenvalue weighted by Crippen LogP contribution is -2.38. The van der Waals surface area contributed by atoms with E-state index in [1.807, 2.05) is 0 Å². The summed E-state index contributed by atoms with van der Waals surface area (Å²) in [7, 11) is 1.68. The van der Waals surface area contributed by atoms with Gasteiger partial charge in [-0.1, -0.05) is 31.5 Å². The summed E-state index contributed by atoms with van der Waals surface area (Å²) in [6, 6.07) is 0. The van der Waals surface area contributed by atoms with Gasteiger partial charge in [0.2, 0.25) is 11.8 Å². The van der Waals surface area contributed by atoms with E-state index in [2.05, 4.69) is 5.10 Å². The van der Waals surface area contributed by atoms with E-state index >= 15 is 0 Å². The Morgan fingerprint density at radius 2 is 2.00 bits per heavy atom. The van der Waals surface area contributed by atoms with Gasteiger partial charge in [0, 0.05) is 13.5 Å². The van der Waals surface area contributed by atoms with E-state index < -0.39 is 5.41 Å². The van der Waals surface area contributed by atoms with Crippen molar-refractivity contribution < 1.29 is 9.59 Å². The normalized spacial score (nSPS) is 21.3. The number of nitrogens with zero attached hydrogens (tertiary/aromatic N) is 3. The molecule has 1 aliphatic carbocycles. The molecule has 2 aliphatic rings. The molecule has 0 bridgehead atoms. The number of imide groups is 1. The fourth-order valence-corrected chi connectivity index (χ4v) is 3.64. The lowest BCUT2D eigenvalue weighted by Gasteiger charge is -2.30. The van der Waals surface area contributed by atoms with Gasteiger partial charge < -0.3 is 5.73 Å². The second kappa shape index (κ2) is 4.91. The predicted molar refractivity (Wildman–Crippen MR) is 81.7 cm³/mol. The third kappa shape index (κ3) is 2.07. The average molecular weight is 306 g/mol. The van der Waals surface area contributed by atoms with Crippen LogP contribution in [0.2, 0.25) is 0 Å². The number of hydrogen-bond donors (Lipinski definition) is 1. The Hall–Kier alpha value is -1.76. The van der Waals surface area contributed by atoms with Crippen molar-refractivity contribution in [3.05, 3.63) is 11.8 Å². The number of hydrogen-bond acceptors (Lipinski definition) is 4. The Morgan fingerprint density at radius 3 is 2.62 bits per heavy atom. The van der Waals surface area contributed by atoms with Crippen molar-refractivity contribution in [2.45, 2.75) is 38.5 Å². The first-order valence-corrected chi connectivity index (χ1v) is 7.56. The summed E-state index contributed by atoms with van der Waals surface area (Å²) in [6.45, 7) is 0. The summed E-state index contributed by atoms with van der Waals surface area (Å²) in [4.78, 5) is 26.7. The maximum atomic E-state index is 12.9. The first-order chi connectivity index (χ1) is 9.96. The predicted octanol–water partition coefficient (Wildman–Crippen LogP) is 1.27. The summed E-state index contributed by atoms with van der Waals surface area (Å²) in [5.41, 5.74) is 5.64. The van der Waals surface area contributed by atoms with E-state index in [0.717, 1.165) is 32.1 Å². The molecule has 2 fully saturated rings. The van der Waals surface area contributed by atoms with Gasteiger partial charge in [-0.25, -0.2) is 4.90 Å². The van der Waals surface area contributed by atoms with Gasteiger partial charge in [-0.15, -0.1) is 0 Å². The number of amides is 2. The standard InChI is InChI=1S/C14H18N4O2S/c1-17-12(9(8-16-17)11(15)21)18-10(19)7-14(13(18)20)5-3-2-4-6-14/h8H,2-7H2,1H3,(H2,15,21). The number of nitrogens with two attached hydrogens (primary N) is 1. The quantitative estimate of drug-likeness (QED) is 0.657. The van der Waals surface area contributed by atoms with Crippen LogP contribution in [0.3, 0.4) is 0 Å². The van der Waals surface area contributed by atoms with E-state index in [4.69, 9.17) is 18.0 Å². The van der Waals surface area contributed by atoms with Gasteiger partial charge >= 0.3 is 0 Å². The topological polar surface area (TPSA) is 81.2 Å². The van der Waals surface area contributed by atoms with Crippen molar-refractivity contribution in [3.8, 4) is 0 Å². The molecule has 3 rings (SSSR count). The number of aryl methyl sites for hydroxylation is 1. The minimum atomic E-state index is -0.521. The summed E-state index contributed by atoms with van der Waals surface area (Å²) in [6.07, 6.45) is 6.49. The zero-order valence-corrected chi connectivity index (χ0v) is 12.8. The fourth-order valence-electron chi connectivity index (χ4n) is 3.50. The molecule has 6 nitrogen and oxygen atoms in total. The second-order valence-electron chi connectivity index (χ2n) is 5.92. The zero-order valence-electron chi connectivity index (χ0n) is 12.0. The minimum absolute atomic E-state index is 0.117. The Morgan fingerprint density at radius 1 is 1.33 bits per heavy atom. The van der Waals surface area contributed by atoms with E-state index in [-0.39, 0.29) is 23.2 Å². The van der Waals surface area contributed by atoms with Crippen LogP contribution in [-0.2, 0) is 16.6 Å². The Bertz CT molecular complexity index is 631. The molecule has 2 heterocycles. The van der Waals surface area contributed by atoms with E-state index in [0.29, 0.717) is 11.4 Å². The SMILES string of the molecule is Cn1ncc(C(N)=S)c1N1C(=O)CC2(CCCCC2)C1=O. The first kappa shape index (κ1) is 14.2. The number of aromatic nitrogens is 2. The molecule has 1 spiro atoms. The van der Waals surface area contributed by atoms with Gasteiger partial charge in [0.05, 0.1) is 17.2 Å². The molecule has 1 aromatic rings. The van der Waals surface area contributed by atoms with Gasteiger partial charge in [0.1, 0.15) is 4.99 Å². The smallest absolute Gasteiger partial charge is 0.241 e. The molecule has 0 radical (unpaired) electrons. The summed E-state index contributed by atoms with van der Waals surface area (Å²) in [5.74, 6) is 0.108. The molecule has 21 heavy (non-hydrogen) atoms. The summed E-state index contributed by atoms with van der Waals surface area (Å²) >= 11 is 5.00. The summed E-state index contributed by atoms with van der Waals surface area (Å²) in [5, 5.41) is 4.09. The molecular weight excluding hydrogens is 288 g/mol. The van der Waals surface area contributed by atoms with E-state index in [1.54, 1.807) is 7.05 Å². The third-order valence-electron chi connectivity index (χ3n) is 4.59. The van der Waals surface area contributed by atoms with Crippen LogP contribution in [0.15, 0.2) is 6.20 Å². The van der Waals surface area contributed by atoms with E-state index in [9.17, 15) is 9.59 Å². The second-order valence-corrected chi connectivity index (χ2v) is 6.36. The van der Waals surface area contributed by atoms with Gasteiger partial charge in [-0.2, -0.15) is 5.10 Å². The number of anilines is 1. The average Bonchev–Trinajstić information content (AvgIpc) is 2.91. The van der Waals surface area contributed by atoms with Crippen LogP contribution in [0, 0.1) is 5.41 Å². The van der Waals surface area contributed by atoms with Crippen LogP contribution in [0.4, 0.5) is 5.82 Å². The molecule has 0 unspecified atom stereocenters. The summed E-state index contributed by atoms with van der Waals surface area (Å²) < 4.78 is 1.49. The minimum Gasteiger partial charge on any atom is -0.389 e. The molecule has 1 aromatic heterocycles. The molecule has 7 heteroatoms. The number of carbonyl (C=O) groups is 2. The first-order valence-electron chi connectivity index (χ1n) is 7.15.